The van der Waals surface area contributed by atoms with Gasteiger partial charge < -0.3 is 14.3 Å². The van der Waals surface area contributed by atoms with Crippen LogP contribution in [-0.4, -0.2) is 5.16 Å². The zero-order valence-electron chi connectivity index (χ0n) is 10.7. The molecule has 1 N–H and O–H groups in total. The van der Waals surface area contributed by atoms with Gasteiger partial charge in [-0.1, -0.05) is 5.16 Å². The number of hydrogen-bond acceptors (Lipinski definition) is 4. The average Bonchev–Trinajstić information content (AvgIpc) is 2.83. The number of aryl methyl sites for hydroxylation is 3. The number of aromatic nitrogens is 1. The lowest BCUT2D eigenvalue weighted by Crippen LogP contribution is -2.19. The van der Waals surface area contributed by atoms with Crippen molar-refractivity contribution in [1.82, 2.24) is 10.5 Å². The highest BCUT2D eigenvalue weighted by Crippen LogP contribution is 2.21. The second-order valence-electron chi connectivity index (χ2n) is 4.37. The van der Waals surface area contributed by atoms with Crippen LogP contribution in [0.15, 0.2) is 21.3 Å². The van der Waals surface area contributed by atoms with Gasteiger partial charge in [-0.3, -0.25) is 0 Å². The van der Waals surface area contributed by atoms with Crippen molar-refractivity contribution in [2.75, 3.05) is 0 Å². The molecule has 4 heteroatoms. The number of nitrogens with one attached hydrogen (secondary N) is 1. The van der Waals surface area contributed by atoms with E-state index in [0.717, 1.165) is 22.8 Å². The third-order valence-corrected chi connectivity index (χ3v) is 3.06. The average molecular weight is 234 g/mol. The number of rotatable bonds is 4. The molecule has 0 aliphatic rings. The van der Waals surface area contributed by atoms with Crippen molar-refractivity contribution in [3.8, 4) is 0 Å². The highest BCUT2D eigenvalue weighted by molar-refractivity contribution is 5.24. The summed E-state index contributed by atoms with van der Waals surface area (Å²) in [6, 6.07) is 2.17. The van der Waals surface area contributed by atoms with Crippen LogP contribution in [0, 0.1) is 20.8 Å². The summed E-state index contributed by atoms with van der Waals surface area (Å²) in [7, 11) is 0. The summed E-state index contributed by atoms with van der Waals surface area (Å²) in [5, 5.41) is 7.38. The second-order valence-corrected chi connectivity index (χ2v) is 4.37. The van der Waals surface area contributed by atoms with Crippen LogP contribution in [0.3, 0.4) is 0 Å². The fourth-order valence-electron chi connectivity index (χ4n) is 2.04. The fourth-order valence-corrected chi connectivity index (χ4v) is 2.04. The molecule has 0 aliphatic carbocycles. The highest BCUT2D eigenvalue weighted by Gasteiger charge is 2.16. The predicted molar refractivity (Wildman–Crippen MR) is 64.7 cm³/mol. The molecular formula is C13H18N2O2. The molecule has 2 aromatic heterocycles. The summed E-state index contributed by atoms with van der Waals surface area (Å²) in [6.07, 6.45) is 1.72. The van der Waals surface area contributed by atoms with Gasteiger partial charge in [0.25, 0.3) is 0 Å². The topological polar surface area (TPSA) is 51.2 Å². The molecule has 0 aromatic carbocycles. The van der Waals surface area contributed by atoms with Gasteiger partial charge in [0.05, 0.1) is 18.5 Å². The normalized spacial score (nSPS) is 12.9. The van der Waals surface area contributed by atoms with Crippen molar-refractivity contribution in [1.29, 1.82) is 0 Å². The minimum atomic E-state index is 0.200. The number of nitrogens with zero attached hydrogens (tertiary/aromatic N) is 1. The predicted octanol–water partition coefficient (Wildman–Crippen LogP) is 3.04. The van der Waals surface area contributed by atoms with E-state index in [4.69, 9.17) is 8.94 Å². The fraction of sp³-hybridized carbons (Fsp3) is 0.462. The van der Waals surface area contributed by atoms with E-state index >= 15 is 0 Å². The van der Waals surface area contributed by atoms with E-state index in [1.165, 1.54) is 5.56 Å². The summed E-state index contributed by atoms with van der Waals surface area (Å²) in [6.45, 7) is 8.75. The van der Waals surface area contributed by atoms with Gasteiger partial charge in [0.2, 0.25) is 0 Å². The first kappa shape index (κ1) is 11.9. The Morgan fingerprint density at radius 2 is 2.12 bits per heavy atom. The van der Waals surface area contributed by atoms with Crippen LogP contribution in [0.4, 0.5) is 0 Å². The van der Waals surface area contributed by atoms with Crippen LogP contribution in [-0.2, 0) is 6.54 Å². The molecule has 0 aliphatic heterocycles. The van der Waals surface area contributed by atoms with Crippen molar-refractivity contribution in [2.45, 2.75) is 40.3 Å². The molecule has 92 valence electrons. The van der Waals surface area contributed by atoms with Crippen LogP contribution < -0.4 is 5.32 Å². The van der Waals surface area contributed by atoms with E-state index in [1.807, 2.05) is 26.8 Å². The zero-order valence-corrected chi connectivity index (χ0v) is 10.7. The van der Waals surface area contributed by atoms with Crippen molar-refractivity contribution < 1.29 is 8.94 Å². The lowest BCUT2D eigenvalue weighted by atomic mass is 10.1. The largest absolute Gasteiger partial charge is 0.468 e. The minimum absolute atomic E-state index is 0.200. The molecule has 4 nitrogen and oxygen atoms in total. The van der Waals surface area contributed by atoms with Crippen molar-refractivity contribution in [2.24, 2.45) is 0 Å². The Morgan fingerprint density at radius 1 is 1.35 bits per heavy atom. The van der Waals surface area contributed by atoms with E-state index in [2.05, 4.69) is 17.4 Å². The van der Waals surface area contributed by atoms with Crippen molar-refractivity contribution >= 4 is 0 Å². The summed E-state index contributed by atoms with van der Waals surface area (Å²) in [5.41, 5.74) is 3.25. The van der Waals surface area contributed by atoms with Crippen LogP contribution in [0.2, 0.25) is 0 Å². The highest BCUT2D eigenvalue weighted by atomic mass is 16.5. The van der Waals surface area contributed by atoms with Crippen LogP contribution in [0.5, 0.6) is 0 Å². The molecule has 2 heterocycles. The molecule has 1 atom stereocenters. The molecule has 2 aromatic rings. The SMILES string of the molecule is Cc1ccoc1CNC(C)c1c(C)noc1C. The Bertz CT molecular complexity index is 480. The maximum absolute atomic E-state index is 5.39. The standard InChI is InChI=1S/C13H18N2O2/c1-8-5-6-16-12(8)7-14-9(2)13-10(3)15-17-11(13)4/h5-6,9,14H,7H2,1-4H3. The quantitative estimate of drug-likeness (QED) is 0.883. The minimum Gasteiger partial charge on any atom is -0.468 e. The molecule has 0 fully saturated rings. The molecule has 1 unspecified atom stereocenters. The number of furan rings is 1. The maximum atomic E-state index is 5.39. The maximum Gasteiger partial charge on any atom is 0.138 e. The molecule has 2 rings (SSSR count). The summed E-state index contributed by atoms with van der Waals surface area (Å²) < 4.78 is 10.6. The van der Waals surface area contributed by atoms with Crippen molar-refractivity contribution in [3.63, 3.8) is 0 Å². The third-order valence-electron chi connectivity index (χ3n) is 3.06. The molecule has 0 bridgehead atoms. The van der Waals surface area contributed by atoms with Crippen LogP contribution >= 0.6 is 0 Å². The van der Waals surface area contributed by atoms with Gasteiger partial charge in [0.1, 0.15) is 11.5 Å². The van der Waals surface area contributed by atoms with E-state index in [-0.39, 0.29) is 6.04 Å². The summed E-state index contributed by atoms with van der Waals surface area (Å²) in [4.78, 5) is 0. The molecule has 0 saturated heterocycles. The van der Waals surface area contributed by atoms with Gasteiger partial charge in [0.15, 0.2) is 0 Å². The first-order valence-electron chi connectivity index (χ1n) is 5.78. The first-order valence-corrected chi connectivity index (χ1v) is 5.78. The Balaban J connectivity index is 2.03. The van der Waals surface area contributed by atoms with Gasteiger partial charge in [-0.25, -0.2) is 0 Å². The summed E-state index contributed by atoms with van der Waals surface area (Å²) in [5.74, 6) is 1.85. The van der Waals surface area contributed by atoms with E-state index < -0.39 is 0 Å². The summed E-state index contributed by atoms with van der Waals surface area (Å²) >= 11 is 0. The lowest BCUT2D eigenvalue weighted by Gasteiger charge is -2.12. The van der Waals surface area contributed by atoms with Gasteiger partial charge in [0, 0.05) is 11.6 Å². The number of hydrogen-bond donors (Lipinski definition) is 1. The Kier molecular flexibility index (Phi) is 3.33. The molecular weight excluding hydrogens is 216 g/mol. The van der Waals surface area contributed by atoms with Crippen LogP contribution in [0.1, 0.15) is 41.3 Å². The van der Waals surface area contributed by atoms with E-state index in [1.54, 1.807) is 6.26 Å². The van der Waals surface area contributed by atoms with Gasteiger partial charge >= 0.3 is 0 Å². The van der Waals surface area contributed by atoms with Gasteiger partial charge in [-0.2, -0.15) is 0 Å². The molecule has 0 saturated carbocycles. The second kappa shape index (κ2) is 4.75. The monoisotopic (exact) mass is 234 g/mol. The van der Waals surface area contributed by atoms with E-state index in [0.29, 0.717) is 6.54 Å². The Hall–Kier alpha value is -1.55. The molecule has 0 spiro atoms. The molecule has 0 radical (unpaired) electrons. The Morgan fingerprint density at radius 3 is 2.65 bits per heavy atom. The van der Waals surface area contributed by atoms with Gasteiger partial charge in [-0.15, -0.1) is 0 Å². The third kappa shape index (κ3) is 2.42. The van der Waals surface area contributed by atoms with Crippen molar-refractivity contribution in [3.05, 3.63) is 40.7 Å². The van der Waals surface area contributed by atoms with E-state index in [9.17, 15) is 0 Å². The molecule has 17 heavy (non-hydrogen) atoms. The smallest absolute Gasteiger partial charge is 0.138 e. The first-order chi connectivity index (χ1) is 8.09. The zero-order chi connectivity index (χ0) is 12.4. The molecule has 0 amide bonds. The lowest BCUT2D eigenvalue weighted by molar-refractivity contribution is 0.389. The Labute approximate surface area is 101 Å². The van der Waals surface area contributed by atoms with Crippen LogP contribution in [0.25, 0.3) is 0 Å². The van der Waals surface area contributed by atoms with Gasteiger partial charge in [-0.05, 0) is 39.3 Å².